The highest BCUT2D eigenvalue weighted by molar-refractivity contribution is 7.90. The van der Waals surface area contributed by atoms with Gasteiger partial charge in [0.15, 0.2) is 14.9 Å². The number of allylic oxidation sites excluding steroid dienone is 2. The molecule has 1 saturated heterocycles. The van der Waals surface area contributed by atoms with Crippen molar-refractivity contribution in [2.45, 2.75) is 30.8 Å². The first-order valence-corrected chi connectivity index (χ1v) is 11.7. The van der Waals surface area contributed by atoms with E-state index in [4.69, 9.17) is 11.1 Å². The van der Waals surface area contributed by atoms with Crippen LogP contribution in [-0.4, -0.2) is 43.9 Å². The van der Waals surface area contributed by atoms with Crippen molar-refractivity contribution in [2.75, 3.05) is 19.3 Å². The normalized spacial score (nSPS) is 17.0. The molecule has 0 aliphatic carbocycles. The predicted molar refractivity (Wildman–Crippen MR) is 115 cm³/mol. The molecule has 0 spiro atoms. The monoisotopic (exact) mass is 412 g/mol. The zero-order valence-corrected chi connectivity index (χ0v) is 17.5. The Hall–Kier alpha value is -2.51. The fourth-order valence-corrected chi connectivity index (χ4v) is 4.34. The third kappa shape index (κ3) is 5.74. The van der Waals surface area contributed by atoms with Gasteiger partial charge in [0.1, 0.15) is 0 Å². The average molecular weight is 413 g/mol. The molecule has 1 aliphatic rings. The van der Waals surface area contributed by atoms with Gasteiger partial charge in [0.2, 0.25) is 0 Å². The molecule has 154 valence electrons. The molecule has 7 heteroatoms. The van der Waals surface area contributed by atoms with E-state index in [0.717, 1.165) is 48.3 Å². The van der Waals surface area contributed by atoms with Gasteiger partial charge >= 0.3 is 0 Å². The Kier molecular flexibility index (Phi) is 6.82. The van der Waals surface area contributed by atoms with Crippen molar-refractivity contribution in [1.29, 1.82) is 5.41 Å². The van der Waals surface area contributed by atoms with E-state index in [2.05, 4.69) is 22.0 Å². The lowest BCUT2D eigenvalue weighted by molar-refractivity contribution is 0.190. The van der Waals surface area contributed by atoms with E-state index in [1.807, 2.05) is 24.3 Å². The van der Waals surface area contributed by atoms with E-state index >= 15 is 0 Å². The van der Waals surface area contributed by atoms with Gasteiger partial charge in [0.05, 0.1) is 0 Å². The summed E-state index contributed by atoms with van der Waals surface area (Å²) >= 11 is 0. The zero-order chi connectivity index (χ0) is 20.9. The van der Waals surface area contributed by atoms with Gasteiger partial charge in [0.25, 0.3) is 0 Å². The first kappa shape index (κ1) is 21.2. The number of nitrogens with two attached hydrogens (primary N) is 1. The maximum atomic E-state index is 11.7. The Morgan fingerprint density at radius 1 is 1.21 bits per heavy atom. The molecule has 0 atom stereocenters. The number of pyridine rings is 1. The van der Waals surface area contributed by atoms with Crippen LogP contribution in [0.5, 0.6) is 0 Å². The number of rotatable bonds is 7. The van der Waals surface area contributed by atoms with Gasteiger partial charge in [-0.1, -0.05) is 30.3 Å². The maximum Gasteiger partial charge on any atom is 0.192 e. The summed E-state index contributed by atoms with van der Waals surface area (Å²) in [6, 6.07) is 13.6. The Morgan fingerprint density at radius 3 is 2.52 bits per heavy atom. The molecule has 29 heavy (non-hydrogen) atoms. The fourth-order valence-electron chi connectivity index (χ4n) is 3.73. The lowest BCUT2D eigenvalue weighted by atomic mass is 9.89. The van der Waals surface area contributed by atoms with Crippen LogP contribution < -0.4 is 5.73 Å². The lowest BCUT2D eigenvalue weighted by Crippen LogP contribution is -2.35. The highest BCUT2D eigenvalue weighted by Crippen LogP contribution is 2.26. The van der Waals surface area contributed by atoms with E-state index in [9.17, 15) is 8.42 Å². The summed E-state index contributed by atoms with van der Waals surface area (Å²) in [7, 11) is -3.30. The summed E-state index contributed by atoms with van der Waals surface area (Å²) in [5.41, 5.74) is 10.3. The number of sulfone groups is 1. The summed E-state index contributed by atoms with van der Waals surface area (Å²) in [5.74, 6) is 0.274. The molecule has 6 nitrogen and oxygen atoms in total. The van der Waals surface area contributed by atoms with Crippen molar-refractivity contribution >= 4 is 16.1 Å². The quantitative estimate of drug-likeness (QED) is 0.681. The van der Waals surface area contributed by atoms with E-state index in [1.54, 1.807) is 12.3 Å². The van der Waals surface area contributed by atoms with E-state index in [1.165, 1.54) is 12.5 Å². The summed E-state index contributed by atoms with van der Waals surface area (Å²) in [4.78, 5) is 6.26. The second kappa shape index (κ2) is 9.33. The van der Waals surface area contributed by atoms with Crippen LogP contribution in [0.3, 0.4) is 0 Å². The van der Waals surface area contributed by atoms with Gasteiger partial charge in [0, 0.05) is 43.2 Å². The zero-order valence-electron chi connectivity index (χ0n) is 16.7. The minimum Gasteiger partial charge on any atom is -0.402 e. The van der Waals surface area contributed by atoms with Gasteiger partial charge in [-0.25, -0.2) is 13.4 Å². The maximum absolute atomic E-state index is 11.7. The molecule has 0 saturated carbocycles. The molecule has 0 unspecified atom stereocenters. The molecule has 0 bridgehead atoms. The van der Waals surface area contributed by atoms with Crippen molar-refractivity contribution in [3.05, 3.63) is 71.1 Å². The number of likely N-dealkylation sites (tertiary alicyclic amines) is 1. The molecule has 2 aromatic rings. The number of nitrogens with zero attached hydrogens (tertiary/aromatic N) is 2. The second-order valence-electron chi connectivity index (χ2n) is 7.61. The highest BCUT2D eigenvalue weighted by atomic mass is 32.2. The minimum absolute atomic E-state index is 0.119. The molecule has 1 aromatic heterocycles. The van der Waals surface area contributed by atoms with Crippen LogP contribution in [-0.2, 0) is 22.8 Å². The largest absolute Gasteiger partial charge is 0.402 e. The Bertz CT molecular complexity index is 979. The van der Waals surface area contributed by atoms with Crippen LogP contribution in [0.15, 0.2) is 65.0 Å². The van der Waals surface area contributed by atoms with Gasteiger partial charge in [-0.2, -0.15) is 0 Å². The van der Waals surface area contributed by atoms with Crippen LogP contribution in [0.2, 0.25) is 0 Å². The molecular weight excluding hydrogens is 384 g/mol. The van der Waals surface area contributed by atoms with E-state index in [-0.39, 0.29) is 10.9 Å². The Labute approximate surface area is 172 Å². The fraction of sp³-hybridized carbons (Fsp3) is 0.364. The number of nitrogens with one attached hydrogen (secondary N) is 1. The SMILES string of the molecule is CS(=O)(=O)c1cc(CN2CCC(/C(N)=C(/C=N)Cc3ccccc3)CC2)ccn1. The Morgan fingerprint density at radius 2 is 1.90 bits per heavy atom. The summed E-state index contributed by atoms with van der Waals surface area (Å²) < 4.78 is 23.4. The molecule has 1 aliphatic heterocycles. The van der Waals surface area contributed by atoms with Gasteiger partial charge in [-0.3, -0.25) is 4.90 Å². The molecule has 3 rings (SSSR count). The molecule has 1 fully saturated rings. The molecular formula is C22H28N4O2S. The Balaban J connectivity index is 1.61. The van der Waals surface area contributed by atoms with Gasteiger partial charge in [-0.05, 0) is 54.8 Å². The topological polar surface area (TPSA) is 100 Å². The first-order valence-electron chi connectivity index (χ1n) is 9.77. The molecule has 1 aromatic carbocycles. The first-order chi connectivity index (χ1) is 13.9. The standard InChI is InChI=1S/C22H28N4O2S/c1-29(27,28)21-14-18(7-10-25-21)16-26-11-8-19(9-12-26)22(24)20(15-23)13-17-5-3-2-4-6-17/h2-7,10,14-15,19,23H,8-9,11-13,16,24H2,1H3/b22-20-,23-15?. The molecule has 0 radical (unpaired) electrons. The van der Waals surface area contributed by atoms with Crippen molar-refractivity contribution < 1.29 is 8.42 Å². The molecule has 2 heterocycles. The minimum atomic E-state index is -3.30. The number of hydrogen-bond acceptors (Lipinski definition) is 6. The van der Waals surface area contributed by atoms with Crippen LogP contribution in [0.25, 0.3) is 0 Å². The second-order valence-corrected chi connectivity index (χ2v) is 9.57. The van der Waals surface area contributed by atoms with E-state index in [0.29, 0.717) is 13.0 Å². The molecule has 3 N–H and O–H groups in total. The highest BCUT2D eigenvalue weighted by Gasteiger charge is 2.23. The lowest BCUT2D eigenvalue weighted by Gasteiger charge is -2.33. The molecule has 0 amide bonds. The number of benzene rings is 1. The third-order valence-electron chi connectivity index (χ3n) is 5.40. The van der Waals surface area contributed by atoms with Crippen LogP contribution >= 0.6 is 0 Å². The number of hydrogen-bond donors (Lipinski definition) is 2. The van der Waals surface area contributed by atoms with Crippen LogP contribution in [0.4, 0.5) is 0 Å². The van der Waals surface area contributed by atoms with Crippen molar-refractivity contribution in [2.24, 2.45) is 11.7 Å². The van der Waals surface area contributed by atoms with Crippen molar-refractivity contribution in [3.63, 3.8) is 0 Å². The van der Waals surface area contributed by atoms with Crippen molar-refractivity contribution in [3.8, 4) is 0 Å². The van der Waals surface area contributed by atoms with Gasteiger partial charge < -0.3 is 11.1 Å². The third-order valence-corrected chi connectivity index (χ3v) is 6.38. The van der Waals surface area contributed by atoms with Crippen molar-refractivity contribution in [1.82, 2.24) is 9.88 Å². The number of piperidine rings is 1. The van der Waals surface area contributed by atoms with Gasteiger partial charge in [-0.15, -0.1) is 0 Å². The predicted octanol–water partition coefficient (Wildman–Crippen LogP) is 2.80. The smallest absolute Gasteiger partial charge is 0.192 e. The van der Waals surface area contributed by atoms with E-state index < -0.39 is 9.84 Å². The van der Waals surface area contributed by atoms with Crippen LogP contribution in [0, 0.1) is 11.3 Å². The average Bonchev–Trinajstić information content (AvgIpc) is 2.72. The number of aromatic nitrogens is 1. The van der Waals surface area contributed by atoms with Crippen LogP contribution in [0.1, 0.15) is 24.0 Å². The summed E-state index contributed by atoms with van der Waals surface area (Å²) in [6.45, 7) is 2.47. The summed E-state index contributed by atoms with van der Waals surface area (Å²) in [6.07, 6.45) is 6.67. The summed E-state index contributed by atoms with van der Waals surface area (Å²) in [5, 5.41) is 7.91.